The number of nitrogens with one attached hydrogen (secondary N) is 1. The Morgan fingerprint density at radius 2 is 2.11 bits per heavy atom. The molecule has 0 bridgehead atoms. The molecule has 0 radical (unpaired) electrons. The third-order valence-corrected chi connectivity index (χ3v) is 3.18. The van der Waals surface area contributed by atoms with E-state index in [0.717, 1.165) is 12.2 Å². The third kappa shape index (κ3) is 2.49. The Labute approximate surface area is 107 Å². The van der Waals surface area contributed by atoms with Gasteiger partial charge in [0.2, 0.25) is 0 Å². The fourth-order valence-electron chi connectivity index (χ4n) is 2.24. The van der Waals surface area contributed by atoms with Crippen LogP contribution in [0, 0.1) is 6.92 Å². The highest BCUT2D eigenvalue weighted by Gasteiger charge is 2.06. The average molecular weight is 248 g/mol. The number of aliphatic hydroxyl groups is 2. The standard InChI is InChI=1S/C14H20N2O2/c1-3-16-10(2)6-11-7-12(4-5-14(11)16)15-8-13(18)9-17/h4-7,13,15,17-18H,3,8-9H2,1-2H3. The number of aromatic nitrogens is 1. The van der Waals surface area contributed by atoms with Gasteiger partial charge in [-0.2, -0.15) is 0 Å². The van der Waals surface area contributed by atoms with E-state index in [1.54, 1.807) is 0 Å². The second kappa shape index (κ2) is 5.42. The van der Waals surface area contributed by atoms with E-state index in [1.165, 1.54) is 16.6 Å². The van der Waals surface area contributed by atoms with E-state index < -0.39 is 6.10 Å². The number of rotatable bonds is 5. The summed E-state index contributed by atoms with van der Waals surface area (Å²) in [5.74, 6) is 0. The molecule has 1 unspecified atom stereocenters. The molecule has 1 heterocycles. The topological polar surface area (TPSA) is 57.4 Å². The molecule has 0 aliphatic rings. The summed E-state index contributed by atoms with van der Waals surface area (Å²) < 4.78 is 2.27. The van der Waals surface area contributed by atoms with Crippen LogP contribution in [0.15, 0.2) is 24.3 Å². The van der Waals surface area contributed by atoms with Crippen molar-refractivity contribution < 1.29 is 10.2 Å². The Morgan fingerprint density at radius 1 is 1.33 bits per heavy atom. The van der Waals surface area contributed by atoms with Crippen LogP contribution >= 0.6 is 0 Å². The lowest BCUT2D eigenvalue weighted by atomic mass is 10.2. The molecule has 0 saturated heterocycles. The number of fused-ring (bicyclic) bond motifs is 1. The van der Waals surface area contributed by atoms with Crippen LogP contribution in [-0.2, 0) is 6.54 Å². The van der Waals surface area contributed by atoms with Gasteiger partial charge >= 0.3 is 0 Å². The van der Waals surface area contributed by atoms with E-state index in [9.17, 15) is 5.11 Å². The fraction of sp³-hybridized carbons (Fsp3) is 0.429. The molecule has 3 N–H and O–H groups in total. The molecular weight excluding hydrogens is 228 g/mol. The van der Waals surface area contributed by atoms with Gasteiger partial charge in [-0.25, -0.2) is 0 Å². The fourth-order valence-corrected chi connectivity index (χ4v) is 2.24. The lowest BCUT2D eigenvalue weighted by Crippen LogP contribution is -2.22. The van der Waals surface area contributed by atoms with Gasteiger partial charge in [0, 0.05) is 35.4 Å². The van der Waals surface area contributed by atoms with E-state index in [-0.39, 0.29) is 6.61 Å². The molecule has 18 heavy (non-hydrogen) atoms. The van der Waals surface area contributed by atoms with Gasteiger partial charge in [-0.3, -0.25) is 0 Å². The summed E-state index contributed by atoms with van der Waals surface area (Å²) in [7, 11) is 0. The summed E-state index contributed by atoms with van der Waals surface area (Å²) in [6.45, 7) is 5.34. The highest BCUT2D eigenvalue weighted by molar-refractivity contribution is 5.84. The van der Waals surface area contributed by atoms with Crippen LogP contribution in [0.25, 0.3) is 10.9 Å². The minimum absolute atomic E-state index is 0.222. The van der Waals surface area contributed by atoms with E-state index in [2.05, 4.69) is 41.9 Å². The molecule has 4 heteroatoms. The number of anilines is 1. The molecule has 1 atom stereocenters. The number of aliphatic hydroxyl groups excluding tert-OH is 2. The smallest absolute Gasteiger partial charge is 0.0942 e. The maximum atomic E-state index is 9.30. The third-order valence-electron chi connectivity index (χ3n) is 3.18. The van der Waals surface area contributed by atoms with Gasteiger partial charge in [0.05, 0.1) is 12.7 Å². The molecule has 0 fully saturated rings. The lowest BCUT2D eigenvalue weighted by molar-refractivity contribution is 0.105. The van der Waals surface area contributed by atoms with Crippen LogP contribution in [0.4, 0.5) is 5.69 Å². The van der Waals surface area contributed by atoms with Crippen LogP contribution in [0.5, 0.6) is 0 Å². The monoisotopic (exact) mass is 248 g/mol. The second-order valence-corrected chi connectivity index (χ2v) is 4.52. The predicted octanol–water partition coefficient (Wildman–Crippen LogP) is 1.73. The Balaban J connectivity index is 2.23. The highest BCUT2D eigenvalue weighted by atomic mass is 16.3. The first-order chi connectivity index (χ1) is 8.65. The molecule has 2 rings (SSSR count). The number of nitrogens with zero attached hydrogens (tertiary/aromatic N) is 1. The minimum Gasteiger partial charge on any atom is -0.394 e. The van der Waals surface area contributed by atoms with Crippen molar-refractivity contribution in [2.75, 3.05) is 18.5 Å². The predicted molar refractivity (Wildman–Crippen MR) is 73.9 cm³/mol. The van der Waals surface area contributed by atoms with E-state index >= 15 is 0 Å². The molecule has 0 aliphatic heterocycles. The zero-order valence-corrected chi connectivity index (χ0v) is 10.8. The Kier molecular flexibility index (Phi) is 3.89. The van der Waals surface area contributed by atoms with Crippen molar-refractivity contribution in [2.24, 2.45) is 0 Å². The zero-order valence-electron chi connectivity index (χ0n) is 10.8. The molecule has 98 valence electrons. The minimum atomic E-state index is -0.720. The Bertz CT molecular complexity index is 534. The number of benzene rings is 1. The largest absolute Gasteiger partial charge is 0.394 e. The van der Waals surface area contributed by atoms with Crippen molar-refractivity contribution in [2.45, 2.75) is 26.5 Å². The van der Waals surface area contributed by atoms with Gasteiger partial charge in [-0.15, -0.1) is 0 Å². The second-order valence-electron chi connectivity index (χ2n) is 4.52. The zero-order chi connectivity index (χ0) is 13.1. The van der Waals surface area contributed by atoms with Crippen LogP contribution in [0.1, 0.15) is 12.6 Å². The van der Waals surface area contributed by atoms with Crippen LogP contribution < -0.4 is 5.32 Å². The van der Waals surface area contributed by atoms with Crippen LogP contribution in [0.3, 0.4) is 0 Å². The van der Waals surface area contributed by atoms with Crippen LogP contribution in [0.2, 0.25) is 0 Å². The van der Waals surface area contributed by atoms with Gasteiger partial charge < -0.3 is 20.1 Å². The van der Waals surface area contributed by atoms with Crippen molar-refractivity contribution >= 4 is 16.6 Å². The maximum absolute atomic E-state index is 9.30. The molecule has 2 aromatic rings. The van der Waals surface area contributed by atoms with E-state index in [4.69, 9.17) is 5.11 Å². The first-order valence-corrected chi connectivity index (χ1v) is 6.28. The SMILES string of the molecule is CCn1c(C)cc2cc(NCC(O)CO)ccc21. The summed E-state index contributed by atoms with van der Waals surface area (Å²) in [6, 6.07) is 8.31. The molecular formula is C14H20N2O2. The molecule has 0 aliphatic carbocycles. The maximum Gasteiger partial charge on any atom is 0.0942 e. The number of hydrogen-bond acceptors (Lipinski definition) is 3. The molecule has 0 saturated carbocycles. The first kappa shape index (κ1) is 12.9. The summed E-state index contributed by atoms with van der Waals surface area (Å²) in [5.41, 5.74) is 3.44. The van der Waals surface area contributed by atoms with Crippen molar-refractivity contribution in [3.05, 3.63) is 30.0 Å². The average Bonchev–Trinajstić information content (AvgIpc) is 2.70. The lowest BCUT2D eigenvalue weighted by Gasteiger charge is -2.10. The summed E-state index contributed by atoms with van der Waals surface area (Å²) in [5, 5.41) is 22.4. The molecule has 0 spiro atoms. The van der Waals surface area contributed by atoms with E-state index in [0.29, 0.717) is 6.54 Å². The quantitative estimate of drug-likeness (QED) is 0.755. The normalized spacial score (nSPS) is 12.9. The molecule has 1 aromatic carbocycles. The Hall–Kier alpha value is -1.52. The van der Waals surface area contributed by atoms with Gasteiger partial charge in [-0.1, -0.05) is 0 Å². The first-order valence-electron chi connectivity index (χ1n) is 6.28. The Morgan fingerprint density at radius 3 is 2.78 bits per heavy atom. The molecule has 4 nitrogen and oxygen atoms in total. The van der Waals surface area contributed by atoms with Crippen molar-refractivity contribution in [1.82, 2.24) is 4.57 Å². The van der Waals surface area contributed by atoms with Gasteiger partial charge in [-0.05, 0) is 38.1 Å². The summed E-state index contributed by atoms with van der Waals surface area (Å²) >= 11 is 0. The number of hydrogen-bond donors (Lipinski definition) is 3. The summed E-state index contributed by atoms with van der Waals surface area (Å²) in [6.07, 6.45) is -0.720. The van der Waals surface area contributed by atoms with Crippen LogP contribution in [-0.4, -0.2) is 34.0 Å². The van der Waals surface area contributed by atoms with Gasteiger partial charge in [0.15, 0.2) is 0 Å². The molecule has 1 aromatic heterocycles. The van der Waals surface area contributed by atoms with Crippen molar-refractivity contribution in [3.63, 3.8) is 0 Å². The summed E-state index contributed by atoms with van der Waals surface area (Å²) in [4.78, 5) is 0. The molecule has 0 amide bonds. The number of aryl methyl sites for hydroxylation is 2. The van der Waals surface area contributed by atoms with Gasteiger partial charge in [0.25, 0.3) is 0 Å². The van der Waals surface area contributed by atoms with Crippen molar-refractivity contribution in [3.8, 4) is 0 Å². The van der Waals surface area contributed by atoms with E-state index in [1.807, 2.05) is 6.07 Å². The van der Waals surface area contributed by atoms with Crippen molar-refractivity contribution in [1.29, 1.82) is 0 Å². The highest BCUT2D eigenvalue weighted by Crippen LogP contribution is 2.23. The van der Waals surface area contributed by atoms with Gasteiger partial charge in [0.1, 0.15) is 0 Å².